The average Bonchev–Trinajstić information content (AvgIpc) is 2.07. The van der Waals surface area contributed by atoms with Crippen molar-refractivity contribution in [2.24, 2.45) is 17.3 Å². The number of hydrogen-bond donors (Lipinski definition) is 0. The third kappa shape index (κ3) is 2.06. The van der Waals surface area contributed by atoms with Crippen LogP contribution in [0.15, 0.2) is 0 Å². The molecule has 1 spiro atoms. The zero-order valence-electron chi connectivity index (χ0n) is 9.20. The minimum absolute atomic E-state index is 0.0661. The van der Waals surface area contributed by atoms with Crippen molar-refractivity contribution in [2.45, 2.75) is 39.0 Å². The summed E-state index contributed by atoms with van der Waals surface area (Å²) < 4.78 is 4.92. The number of rotatable bonds is 4. The molecule has 0 aromatic carbocycles. The van der Waals surface area contributed by atoms with E-state index in [0.717, 1.165) is 32.0 Å². The predicted octanol–water partition coefficient (Wildman–Crippen LogP) is 1.94. The van der Waals surface area contributed by atoms with E-state index in [1.54, 1.807) is 0 Å². The summed E-state index contributed by atoms with van der Waals surface area (Å²) in [7, 11) is 0. The maximum atomic E-state index is 11.2. The monoisotopic (exact) mass is 210 g/mol. The van der Waals surface area contributed by atoms with Gasteiger partial charge >= 0.3 is 5.97 Å². The molecular weight excluding hydrogens is 192 g/mol. The van der Waals surface area contributed by atoms with Crippen molar-refractivity contribution in [1.82, 2.24) is 0 Å². The number of esters is 1. The Morgan fingerprint density at radius 3 is 2.60 bits per heavy atom. The molecule has 2 aliphatic carbocycles. The van der Waals surface area contributed by atoms with Gasteiger partial charge in [-0.3, -0.25) is 4.79 Å². The van der Waals surface area contributed by atoms with Gasteiger partial charge < -0.3 is 9.53 Å². The van der Waals surface area contributed by atoms with Crippen molar-refractivity contribution in [3.8, 4) is 0 Å². The minimum atomic E-state index is -0.0661. The molecular formula is C12H18O3. The SMILES string of the molecule is CCOC(=O)CC1CC2(CC(C=O)C2)C1. The average molecular weight is 210 g/mol. The highest BCUT2D eigenvalue weighted by Crippen LogP contribution is 2.61. The first-order valence-electron chi connectivity index (χ1n) is 5.78. The van der Waals surface area contributed by atoms with E-state index in [9.17, 15) is 9.59 Å². The van der Waals surface area contributed by atoms with Crippen LogP contribution in [0.25, 0.3) is 0 Å². The molecule has 2 rings (SSSR count). The van der Waals surface area contributed by atoms with Gasteiger partial charge in [0, 0.05) is 12.3 Å². The molecule has 3 heteroatoms. The Labute approximate surface area is 90.2 Å². The molecule has 0 aromatic rings. The van der Waals surface area contributed by atoms with Gasteiger partial charge in [0.15, 0.2) is 0 Å². The Hall–Kier alpha value is -0.860. The van der Waals surface area contributed by atoms with Crippen LogP contribution in [-0.4, -0.2) is 18.9 Å². The Bertz CT molecular complexity index is 258. The van der Waals surface area contributed by atoms with Crippen LogP contribution in [0.2, 0.25) is 0 Å². The van der Waals surface area contributed by atoms with Gasteiger partial charge in [0.05, 0.1) is 6.61 Å². The van der Waals surface area contributed by atoms with Gasteiger partial charge in [-0.25, -0.2) is 0 Å². The fourth-order valence-corrected chi connectivity index (χ4v) is 3.25. The Kier molecular flexibility index (Phi) is 2.81. The van der Waals surface area contributed by atoms with Gasteiger partial charge in [-0.05, 0) is 43.9 Å². The summed E-state index contributed by atoms with van der Waals surface area (Å²) in [6, 6.07) is 0. The van der Waals surface area contributed by atoms with E-state index >= 15 is 0 Å². The predicted molar refractivity (Wildman–Crippen MR) is 55.2 cm³/mol. The van der Waals surface area contributed by atoms with Crippen LogP contribution in [0.5, 0.6) is 0 Å². The standard InChI is InChI=1S/C12H18O3/c1-2-15-11(14)3-9-4-12(5-9)6-10(7-12)8-13/h8-10H,2-7H2,1H3. The molecule has 0 aromatic heterocycles. The van der Waals surface area contributed by atoms with E-state index < -0.39 is 0 Å². The summed E-state index contributed by atoms with van der Waals surface area (Å²) in [4.78, 5) is 21.7. The smallest absolute Gasteiger partial charge is 0.306 e. The normalized spacial score (nSPS) is 37.9. The molecule has 84 valence electrons. The number of carbonyl (C=O) groups is 2. The summed E-state index contributed by atoms with van der Waals surface area (Å²) in [5, 5.41) is 0. The van der Waals surface area contributed by atoms with E-state index in [-0.39, 0.29) is 5.97 Å². The van der Waals surface area contributed by atoms with Crippen LogP contribution in [-0.2, 0) is 14.3 Å². The van der Waals surface area contributed by atoms with Crippen molar-refractivity contribution < 1.29 is 14.3 Å². The van der Waals surface area contributed by atoms with Gasteiger partial charge in [-0.2, -0.15) is 0 Å². The molecule has 0 N–H and O–H groups in total. The van der Waals surface area contributed by atoms with Crippen molar-refractivity contribution in [2.75, 3.05) is 6.61 Å². The lowest BCUT2D eigenvalue weighted by atomic mass is 9.48. The van der Waals surface area contributed by atoms with E-state index in [0.29, 0.717) is 30.3 Å². The van der Waals surface area contributed by atoms with E-state index in [4.69, 9.17) is 4.74 Å². The zero-order chi connectivity index (χ0) is 10.9. The van der Waals surface area contributed by atoms with Gasteiger partial charge in [-0.15, -0.1) is 0 Å². The summed E-state index contributed by atoms with van der Waals surface area (Å²) in [6.07, 6.45) is 5.99. The van der Waals surface area contributed by atoms with Crippen LogP contribution < -0.4 is 0 Å². The van der Waals surface area contributed by atoms with Gasteiger partial charge in [0.2, 0.25) is 0 Å². The number of carbonyl (C=O) groups excluding carboxylic acids is 2. The van der Waals surface area contributed by atoms with Crippen LogP contribution in [0, 0.1) is 17.3 Å². The highest BCUT2D eigenvalue weighted by Gasteiger charge is 2.52. The first kappa shape index (κ1) is 10.7. The molecule has 0 saturated heterocycles. The third-order valence-electron chi connectivity index (χ3n) is 3.79. The summed E-state index contributed by atoms with van der Waals surface area (Å²) in [5.41, 5.74) is 0.433. The van der Waals surface area contributed by atoms with Crippen molar-refractivity contribution in [1.29, 1.82) is 0 Å². The van der Waals surface area contributed by atoms with E-state index in [2.05, 4.69) is 0 Å². The Morgan fingerprint density at radius 2 is 2.07 bits per heavy atom. The fraction of sp³-hybridized carbons (Fsp3) is 0.833. The topological polar surface area (TPSA) is 43.4 Å². The first-order chi connectivity index (χ1) is 7.17. The number of hydrogen-bond acceptors (Lipinski definition) is 3. The molecule has 2 saturated carbocycles. The molecule has 0 atom stereocenters. The largest absolute Gasteiger partial charge is 0.466 e. The lowest BCUT2D eigenvalue weighted by Gasteiger charge is -2.56. The molecule has 2 fully saturated rings. The second-order valence-corrected chi connectivity index (χ2v) is 5.09. The van der Waals surface area contributed by atoms with Crippen molar-refractivity contribution >= 4 is 12.3 Å². The van der Waals surface area contributed by atoms with Gasteiger partial charge in [-0.1, -0.05) is 0 Å². The summed E-state index contributed by atoms with van der Waals surface area (Å²) in [6.45, 7) is 2.31. The molecule has 0 unspecified atom stereocenters. The molecule has 0 bridgehead atoms. The molecule has 0 amide bonds. The number of ether oxygens (including phenoxy) is 1. The highest BCUT2D eigenvalue weighted by atomic mass is 16.5. The second-order valence-electron chi connectivity index (χ2n) is 5.09. The molecule has 15 heavy (non-hydrogen) atoms. The lowest BCUT2D eigenvalue weighted by molar-refractivity contribution is -0.150. The molecule has 0 radical (unpaired) electrons. The maximum absolute atomic E-state index is 11.2. The van der Waals surface area contributed by atoms with E-state index in [1.165, 1.54) is 0 Å². The quantitative estimate of drug-likeness (QED) is 0.526. The third-order valence-corrected chi connectivity index (χ3v) is 3.79. The molecule has 0 aliphatic heterocycles. The fourth-order valence-electron chi connectivity index (χ4n) is 3.25. The Balaban J connectivity index is 1.66. The van der Waals surface area contributed by atoms with E-state index in [1.807, 2.05) is 6.92 Å². The van der Waals surface area contributed by atoms with Gasteiger partial charge in [0.1, 0.15) is 6.29 Å². The van der Waals surface area contributed by atoms with Crippen LogP contribution in [0.4, 0.5) is 0 Å². The minimum Gasteiger partial charge on any atom is -0.466 e. The van der Waals surface area contributed by atoms with Crippen LogP contribution >= 0.6 is 0 Å². The Morgan fingerprint density at radius 1 is 1.40 bits per heavy atom. The summed E-state index contributed by atoms with van der Waals surface area (Å²) >= 11 is 0. The van der Waals surface area contributed by atoms with Crippen LogP contribution in [0.1, 0.15) is 39.0 Å². The van der Waals surface area contributed by atoms with Crippen molar-refractivity contribution in [3.63, 3.8) is 0 Å². The first-order valence-corrected chi connectivity index (χ1v) is 5.78. The highest BCUT2D eigenvalue weighted by molar-refractivity contribution is 5.69. The molecule has 0 heterocycles. The zero-order valence-corrected chi connectivity index (χ0v) is 9.20. The molecule has 2 aliphatic rings. The maximum Gasteiger partial charge on any atom is 0.306 e. The van der Waals surface area contributed by atoms with Crippen LogP contribution in [0.3, 0.4) is 0 Å². The molecule has 3 nitrogen and oxygen atoms in total. The summed E-state index contributed by atoms with van der Waals surface area (Å²) in [5.74, 6) is 0.744. The van der Waals surface area contributed by atoms with Crippen molar-refractivity contribution in [3.05, 3.63) is 0 Å². The number of aldehydes is 1. The van der Waals surface area contributed by atoms with Gasteiger partial charge in [0.25, 0.3) is 0 Å². The lowest BCUT2D eigenvalue weighted by Crippen LogP contribution is -2.48. The second kappa shape index (κ2) is 3.95.